The van der Waals surface area contributed by atoms with Crippen LogP contribution in [0.5, 0.6) is 11.5 Å². The molecule has 6 heteroatoms. The fraction of sp³-hybridized carbons (Fsp3) is 0.333. The van der Waals surface area contributed by atoms with Crippen molar-refractivity contribution in [1.82, 2.24) is 10.3 Å². The van der Waals surface area contributed by atoms with Gasteiger partial charge in [0.1, 0.15) is 11.5 Å². The van der Waals surface area contributed by atoms with Gasteiger partial charge >= 0.3 is 0 Å². The van der Waals surface area contributed by atoms with Crippen LogP contribution in [-0.4, -0.2) is 44.4 Å². The zero-order chi connectivity index (χ0) is 17.0. The third kappa shape index (κ3) is 5.98. The summed E-state index contributed by atoms with van der Waals surface area (Å²) in [5.41, 5.74) is 0.488. The molecule has 1 amide bonds. The molecule has 1 aromatic carbocycles. The molecule has 0 unspecified atom stereocenters. The van der Waals surface area contributed by atoms with Crippen molar-refractivity contribution in [2.24, 2.45) is 0 Å². The Morgan fingerprint density at radius 2 is 2.00 bits per heavy atom. The van der Waals surface area contributed by atoms with Gasteiger partial charge in [-0.1, -0.05) is 12.1 Å². The van der Waals surface area contributed by atoms with Gasteiger partial charge in [-0.25, -0.2) is 0 Å². The predicted molar refractivity (Wildman–Crippen MR) is 90.4 cm³/mol. The van der Waals surface area contributed by atoms with Gasteiger partial charge in [0.05, 0.1) is 25.0 Å². The normalized spacial score (nSPS) is 10.4. The molecule has 1 heterocycles. The summed E-state index contributed by atoms with van der Waals surface area (Å²) in [7, 11) is 1.63. The molecule has 128 valence electrons. The first-order valence-corrected chi connectivity index (χ1v) is 7.83. The van der Waals surface area contributed by atoms with Crippen LogP contribution in [0.2, 0.25) is 0 Å². The molecule has 0 radical (unpaired) electrons. The quantitative estimate of drug-likeness (QED) is 0.678. The molecule has 24 heavy (non-hydrogen) atoms. The zero-order valence-corrected chi connectivity index (χ0v) is 13.7. The average Bonchev–Trinajstić information content (AvgIpc) is 2.62. The second kappa shape index (κ2) is 10.4. The minimum absolute atomic E-state index is 0.175. The van der Waals surface area contributed by atoms with Crippen molar-refractivity contribution in [1.29, 1.82) is 0 Å². The summed E-state index contributed by atoms with van der Waals surface area (Å²) >= 11 is 0. The summed E-state index contributed by atoms with van der Waals surface area (Å²) in [6.45, 7) is 2.25. The number of aromatic nitrogens is 1. The number of pyridine rings is 1. The van der Waals surface area contributed by atoms with Crippen LogP contribution in [0.25, 0.3) is 0 Å². The molecule has 0 bridgehead atoms. The van der Waals surface area contributed by atoms with Crippen LogP contribution in [0, 0.1) is 0 Å². The number of methoxy groups -OCH3 is 1. The molecule has 2 aromatic rings. The van der Waals surface area contributed by atoms with Gasteiger partial charge in [-0.15, -0.1) is 0 Å². The Kier molecular flexibility index (Phi) is 7.73. The molecule has 0 atom stereocenters. The lowest BCUT2D eigenvalue weighted by Gasteiger charge is -2.11. The molecular formula is C18H22N2O4. The molecule has 6 nitrogen and oxygen atoms in total. The van der Waals surface area contributed by atoms with E-state index in [9.17, 15) is 4.79 Å². The van der Waals surface area contributed by atoms with E-state index in [2.05, 4.69) is 10.3 Å². The van der Waals surface area contributed by atoms with Crippen LogP contribution in [0.1, 0.15) is 16.8 Å². The Bertz CT molecular complexity index is 619. The maximum atomic E-state index is 12.3. The molecular weight excluding hydrogens is 308 g/mol. The average molecular weight is 330 g/mol. The van der Waals surface area contributed by atoms with Gasteiger partial charge in [0.2, 0.25) is 0 Å². The van der Waals surface area contributed by atoms with Crippen LogP contribution >= 0.6 is 0 Å². The van der Waals surface area contributed by atoms with Gasteiger partial charge in [0, 0.05) is 26.5 Å². The standard InChI is InChI=1S/C18H22N2O4/c1-22-12-13-23-11-5-10-20-18(21)16-7-2-3-8-17(16)24-15-6-4-9-19-14-15/h2-4,6-9,14H,5,10-13H2,1H3,(H,20,21). The van der Waals surface area contributed by atoms with E-state index in [1.807, 2.05) is 6.07 Å². The van der Waals surface area contributed by atoms with Crippen LogP contribution in [0.15, 0.2) is 48.8 Å². The first-order chi connectivity index (χ1) is 11.8. The fourth-order valence-corrected chi connectivity index (χ4v) is 1.99. The molecule has 0 aliphatic rings. The topological polar surface area (TPSA) is 69.7 Å². The first kappa shape index (κ1) is 17.9. The van der Waals surface area contributed by atoms with Crippen LogP contribution in [0.4, 0.5) is 0 Å². The van der Waals surface area contributed by atoms with Gasteiger partial charge < -0.3 is 19.5 Å². The minimum Gasteiger partial charge on any atom is -0.455 e. The summed E-state index contributed by atoms with van der Waals surface area (Å²) < 4.78 is 16.0. The Morgan fingerprint density at radius 3 is 2.79 bits per heavy atom. The molecule has 0 spiro atoms. The highest BCUT2D eigenvalue weighted by Gasteiger charge is 2.12. The summed E-state index contributed by atoms with van der Waals surface area (Å²) in [5, 5.41) is 2.87. The molecule has 0 aliphatic heterocycles. The van der Waals surface area contributed by atoms with E-state index in [1.165, 1.54) is 0 Å². The summed E-state index contributed by atoms with van der Waals surface area (Å²) in [6.07, 6.45) is 4.01. The number of rotatable bonds is 10. The Morgan fingerprint density at radius 1 is 1.12 bits per heavy atom. The smallest absolute Gasteiger partial charge is 0.255 e. The number of hydrogen-bond donors (Lipinski definition) is 1. The lowest BCUT2D eigenvalue weighted by atomic mass is 10.2. The Balaban J connectivity index is 1.83. The van der Waals surface area contributed by atoms with Gasteiger partial charge in [-0.05, 0) is 30.7 Å². The number of ether oxygens (including phenoxy) is 3. The van der Waals surface area contributed by atoms with Gasteiger partial charge in [-0.2, -0.15) is 0 Å². The second-order valence-electron chi connectivity index (χ2n) is 5.00. The van der Waals surface area contributed by atoms with E-state index in [0.29, 0.717) is 43.4 Å². The maximum absolute atomic E-state index is 12.3. The van der Waals surface area contributed by atoms with Crippen molar-refractivity contribution in [3.05, 3.63) is 54.4 Å². The molecule has 1 aromatic heterocycles. The molecule has 0 aliphatic carbocycles. The second-order valence-corrected chi connectivity index (χ2v) is 5.00. The van der Waals surface area contributed by atoms with Crippen LogP contribution in [0.3, 0.4) is 0 Å². The van der Waals surface area contributed by atoms with Crippen LogP contribution in [-0.2, 0) is 9.47 Å². The number of hydrogen-bond acceptors (Lipinski definition) is 5. The van der Waals surface area contributed by atoms with E-state index in [4.69, 9.17) is 14.2 Å². The lowest BCUT2D eigenvalue weighted by molar-refractivity contribution is 0.0688. The number of nitrogens with one attached hydrogen (secondary N) is 1. The Hall–Kier alpha value is -2.44. The fourth-order valence-electron chi connectivity index (χ4n) is 1.99. The summed E-state index contributed by atoms with van der Waals surface area (Å²) in [4.78, 5) is 16.3. The van der Waals surface area contributed by atoms with E-state index >= 15 is 0 Å². The zero-order valence-electron chi connectivity index (χ0n) is 13.7. The Labute approximate surface area is 141 Å². The summed E-state index contributed by atoms with van der Waals surface area (Å²) in [6, 6.07) is 10.7. The SMILES string of the molecule is COCCOCCCNC(=O)c1ccccc1Oc1cccnc1. The van der Waals surface area contributed by atoms with E-state index in [0.717, 1.165) is 6.42 Å². The van der Waals surface area contributed by atoms with E-state index in [1.54, 1.807) is 49.8 Å². The molecule has 0 saturated carbocycles. The maximum Gasteiger partial charge on any atom is 0.255 e. The lowest BCUT2D eigenvalue weighted by Crippen LogP contribution is -2.25. The highest BCUT2D eigenvalue weighted by Crippen LogP contribution is 2.24. The monoisotopic (exact) mass is 330 g/mol. The van der Waals surface area contributed by atoms with E-state index < -0.39 is 0 Å². The molecule has 0 fully saturated rings. The highest BCUT2D eigenvalue weighted by atomic mass is 16.5. The number of nitrogens with zero attached hydrogens (tertiary/aromatic N) is 1. The third-order valence-corrected chi connectivity index (χ3v) is 3.18. The van der Waals surface area contributed by atoms with Crippen molar-refractivity contribution in [2.45, 2.75) is 6.42 Å². The largest absolute Gasteiger partial charge is 0.455 e. The van der Waals surface area contributed by atoms with Crippen molar-refractivity contribution >= 4 is 5.91 Å². The summed E-state index contributed by atoms with van der Waals surface area (Å²) in [5.74, 6) is 0.912. The predicted octanol–water partition coefficient (Wildman–Crippen LogP) is 2.66. The third-order valence-electron chi connectivity index (χ3n) is 3.18. The van der Waals surface area contributed by atoms with E-state index in [-0.39, 0.29) is 5.91 Å². The highest BCUT2D eigenvalue weighted by molar-refractivity contribution is 5.96. The number of carbonyl (C=O) groups excluding carboxylic acids is 1. The number of carbonyl (C=O) groups is 1. The number of benzene rings is 1. The van der Waals surface area contributed by atoms with Gasteiger partial charge in [0.25, 0.3) is 5.91 Å². The molecule has 1 N–H and O–H groups in total. The molecule has 0 saturated heterocycles. The van der Waals surface area contributed by atoms with Crippen LogP contribution < -0.4 is 10.1 Å². The minimum atomic E-state index is -0.175. The van der Waals surface area contributed by atoms with Gasteiger partial charge in [0.15, 0.2) is 0 Å². The van der Waals surface area contributed by atoms with Gasteiger partial charge in [-0.3, -0.25) is 9.78 Å². The van der Waals surface area contributed by atoms with Crippen molar-refractivity contribution in [2.75, 3.05) is 33.5 Å². The first-order valence-electron chi connectivity index (χ1n) is 7.83. The molecule has 2 rings (SSSR count). The van der Waals surface area contributed by atoms with Crippen molar-refractivity contribution < 1.29 is 19.0 Å². The number of para-hydroxylation sites is 1. The number of amides is 1. The van der Waals surface area contributed by atoms with Crippen molar-refractivity contribution in [3.63, 3.8) is 0 Å². The van der Waals surface area contributed by atoms with Crippen molar-refractivity contribution in [3.8, 4) is 11.5 Å².